The Morgan fingerprint density at radius 1 is 1.44 bits per heavy atom. The van der Waals surface area contributed by atoms with Gasteiger partial charge in [-0.2, -0.15) is 0 Å². The van der Waals surface area contributed by atoms with Crippen molar-refractivity contribution in [3.05, 3.63) is 34.3 Å². The zero-order chi connectivity index (χ0) is 13.8. The van der Waals surface area contributed by atoms with Crippen molar-refractivity contribution >= 4 is 47.3 Å². The minimum Gasteiger partial charge on any atom is -0.491 e. The van der Waals surface area contributed by atoms with Crippen molar-refractivity contribution < 1.29 is 13.2 Å². The second kappa shape index (κ2) is 6.80. The summed E-state index contributed by atoms with van der Waals surface area (Å²) in [5, 5.41) is 0.196. The molecule has 1 aromatic carbocycles. The Hall–Kier alpha value is -0.230. The van der Waals surface area contributed by atoms with Crippen LogP contribution in [0.25, 0.3) is 0 Å². The van der Waals surface area contributed by atoms with E-state index in [0.717, 1.165) is 12.8 Å². The zero-order valence-corrected chi connectivity index (χ0v) is 13.2. The van der Waals surface area contributed by atoms with Gasteiger partial charge in [-0.15, -0.1) is 6.58 Å². The van der Waals surface area contributed by atoms with Crippen molar-refractivity contribution in [2.45, 2.75) is 17.7 Å². The van der Waals surface area contributed by atoms with Crippen molar-refractivity contribution in [2.24, 2.45) is 0 Å². The van der Waals surface area contributed by atoms with E-state index in [0.29, 0.717) is 11.1 Å². The van der Waals surface area contributed by atoms with E-state index in [-0.39, 0.29) is 15.7 Å². The minimum absolute atomic E-state index is 0.0823. The highest BCUT2D eigenvalue weighted by Gasteiger charge is 2.20. The van der Waals surface area contributed by atoms with Gasteiger partial charge in [0.15, 0.2) is 5.75 Å². The van der Waals surface area contributed by atoms with Crippen LogP contribution in [0.1, 0.15) is 12.8 Å². The van der Waals surface area contributed by atoms with E-state index in [4.69, 9.17) is 27.0 Å². The van der Waals surface area contributed by atoms with Crippen LogP contribution in [0.15, 0.2) is 34.2 Å². The lowest BCUT2D eigenvalue weighted by Gasteiger charge is -2.11. The number of allylic oxidation sites excluding steroid dienone is 1. The van der Waals surface area contributed by atoms with E-state index in [1.807, 2.05) is 0 Å². The molecule has 0 radical (unpaired) electrons. The third-order valence-electron chi connectivity index (χ3n) is 2.04. The van der Waals surface area contributed by atoms with Crippen molar-refractivity contribution in [3.63, 3.8) is 0 Å². The molecule has 0 fully saturated rings. The second-order valence-corrected chi connectivity index (χ2v) is 7.29. The van der Waals surface area contributed by atoms with Gasteiger partial charge in [-0.3, -0.25) is 0 Å². The average molecular weight is 374 g/mol. The molecule has 0 aliphatic heterocycles. The maximum Gasteiger partial charge on any atom is 0.265 e. The topological polar surface area (TPSA) is 43.4 Å². The Kier molecular flexibility index (Phi) is 5.98. The molecule has 0 N–H and O–H groups in total. The summed E-state index contributed by atoms with van der Waals surface area (Å²) in [4.78, 5) is -0.137. The summed E-state index contributed by atoms with van der Waals surface area (Å²) in [5.41, 5.74) is 0. The highest BCUT2D eigenvalue weighted by Crippen LogP contribution is 2.37. The fourth-order valence-electron chi connectivity index (χ4n) is 1.26. The molecule has 0 aliphatic rings. The zero-order valence-electron chi connectivity index (χ0n) is 9.33. The first kappa shape index (κ1) is 15.8. The summed E-state index contributed by atoms with van der Waals surface area (Å²) in [6.45, 7) is 3.93. The first-order valence-electron chi connectivity index (χ1n) is 5.03. The largest absolute Gasteiger partial charge is 0.491 e. The van der Waals surface area contributed by atoms with Gasteiger partial charge < -0.3 is 4.74 Å². The van der Waals surface area contributed by atoms with Gasteiger partial charge in [0.2, 0.25) is 0 Å². The molecule has 0 saturated heterocycles. The van der Waals surface area contributed by atoms with Gasteiger partial charge >= 0.3 is 0 Å². The van der Waals surface area contributed by atoms with E-state index >= 15 is 0 Å². The molecule has 0 saturated carbocycles. The number of hydrogen-bond acceptors (Lipinski definition) is 3. The molecule has 3 nitrogen and oxygen atoms in total. The first-order chi connectivity index (χ1) is 8.36. The Labute approximate surface area is 124 Å². The van der Waals surface area contributed by atoms with Gasteiger partial charge in [-0.05, 0) is 25.0 Å². The summed E-state index contributed by atoms with van der Waals surface area (Å²) < 4.78 is 28.8. The molecule has 0 spiro atoms. The van der Waals surface area contributed by atoms with Crippen LogP contribution in [0.3, 0.4) is 0 Å². The van der Waals surface area contributed by atoms with Gasteiger partial charge in [0.25, 0.3) is 9.05 Å². The van der Waals surface area contributed by atoms with Crippen molar-refractivity contribution in [1.82, 2.24) is 0 Å². The summed E-state index contributed by atoms with van der Waals surface area (Å²) in [7, 11) is 1.44. The van der Waals surface area contributed by atoms with Crippen LogP contribution >= 0.6 is 38.2 Å². The molecule has 100 valence electrons. The molecule has 1 rings (SSSR count). The van der Waals surface area contributed by atoms with Gasteiger partial charge in [0.1, 0.15) is 4.90 Å². The minimum atomic E-state index is -3.91. The maximum atomic E-state index is 11.4. The first-order valence-corrected chi connectivity index (χ1v) is 8.51. The lowest BCUT2D eigenvalue weighted by molar-refractivity contribution is 0.304. The Balaban J connectivity index is 3.05. The standard InChI is InChI=1S/C11H11BrCl2O3S/c1-2-3-4-5-17-11-9(13)6-8(12)7-10(11)18(14,15)16/h2,6-7H,1,3-5H2. The fraction of sp³-hybridized carbons (Fsp3) is 0.273. The average Bonchev–Trinajstić information content (AvgIpc) is 2.24. The molecular formula is C11H11BrCl2O3S. The second-order valence-electron chi connectivity index (χ2n) is 3.43. The Morgan fingerprint density at radius 2 is 2.11 bits per heavy atom. The van der Waals surface area contributed by atoms with E-state index in [2.05, 4.69) is 22.5 Å². The molecular weight excluding hydrogens is 363 g/mol. The molecule has 0 unspecified atom stereocenters. The summed E-state index contributed by atoms with van der Waals surface area (Å²) in [6.07, 6.45) is 3.25. The van der Waals surface area contributed by atoms with Crippen LogP contribution in [0.5, 0.6) is 5.75 Å². The third-order valence-corrected chi connectivity index (χ3v) is 4.10. The normalized spacial score (nSPS) is 11.3. The third kappa shape index (κ3) is 4.46. The highest BCUT2D eigenvalue weighted by molar-refractivity contribution is 9.10. The predicted molar refractivity (Wildman–Crippen MR) is 77.1 cm³/mol. The van der Waals surface area contributed by atoms with Gasteiger partial charge in [0, 0.05) is 15.2 Å². The van der Waals surface area contributed by atoms with E-state index in [1.54, 1.807) is 12.1 Å². The maximum absolute atomic E-state index is 11.4. The monoisotopic (exact) mass is 372 g/mol. The molecule has 0 aliphatic carbocycles. The molecule has 7 heteroatoms. The van der Waals surface area contributed by atoms with E-state index in [1.165, 1.54) is 6.07 Å². The lowest BCUT2D eigenvalue weighted by atomic mass is 10.3. The number of rotatable bonds is 6. The van der Waals surface area contributed by atoms with Crippen LogP contribution in [-0.4, -0.2) is 15.0 Å². The lowest BCUT2D eigenvalue weighted by Crippen LogP contribution is -2.02. The Morgan fingerprint density at radius 3 is 2.67 bits per heavy atom. The van der Waals surface area contributed by atoms with E-state index in [9.17, 15) is 8.42 Å². The molecule has 1 aromatic rings. The number of hydrogen-bond donors (Lipinski definition) is 0. The molecule has 0 bridgehead atoms. The van der Waals surface area contributed by atoms with Gasteiger partial charge in [-0.25, -0.2) is 8.42 Å². The number of unbranched alkanes of at least 4 members (excludes halogenated alkanes) is 1. The molecule has 0 amide bonds. The van der Waals surface area contributed by atoms with Crippen molar-refractivity contribution in [2.75, 3.05) is 6.61 Å². The molecule has 0 heterocycles. The van der Waals surface area contributed by atoms with Gasteiger partial charge in [-0.1, -0.05) is 33.6 Å². The van der Waals surface area contributed by atoms with Crippen LogP contribution in [0.4, 0.5) is 0 Å². The predicted octanol–water partition coefficient (Wildman–Crippen LogP) is 4.38. The fourth-order valence-corrected chi connectivity index (χ4v) is 3.33. The summed E-state index contributed by atoms with van der Waals surface area (Å²) in [6, 6.07) is 2.91. The van der Waals surface area contributed by atoms with Crippen LogP contribution in [0.2, 0.25) is 5.02 Å². The highest BCUT2D eigenvalue weighted by atomic mass is 79.9. The van der Waals surface area contributed by atoms with Crippen molar-refractivity contribution in [1.29, 1.82) is 0 Å². The summed E-state index contributed by atoms with van der Waals surface area (Å²) in [5.74, 6) is 0.0823. The smallest absolute Gasteiger partial charge is 0.265 e. The molecule has 0 aromatic heterocycles. The van der Waals surface area contributed by atoms with E-state index < -0.39 is 9.05 Å². The van der Waals surface area contributed by atoms with Crippen molar-refractivity contribution in [3.8, 4) is 5.75 Å². The van der Waals surface area contributed by atoms with Gasteiger partial charge in [0.05, 0.1) is 11.6 Å². The van der Waals surface area contributed by atoms with Crippen LogP contribution < -0.4 is 4.74 Å². The quantitative estimate of drug-likeness (QED) is 0.422. The Bertz CT molecular complexity index is 543. The SMILES string of the molecule is C=CCCCOc1c(Cl)cc(Br)cc1S(=O)(=O)Cl. The molecule has 18 heavy (non-hydrogen) atoms. The number of ether oxygens (including phenoxy) is 1. The van der Waals surface area contributed by atoms with Crippen LogP contribution in [-0.2, 0) is 9.05 Å². The number of halogens is 3. The summed E-state index contributed by atoms with van der Waals surface area (Å²) >= 11 is 9.11. The number of benzene rings is 1. The molecule has 0 atom stereocenters. The van der Waals surface area contributed by atoms with Crippen LogP contribution in [0, 0.1) is 0 Å².